The lowest BCUT2D eigenvalue weighted by atomic mass is 10.3. The minimum Gasteiger partial charge on any atom is -0.441 e. The maximum Gasteiger partial charge on any atom is 0.216 e. The Bertz CT molecular complexity index is 510. The number of hydrogen-bond acceptors (Lipinski definition) is 2. The second-order valence-corrected chi connectivity index (χ2v) is 3.44. The first-order valence-corrected chi connectivity index (χ1v) is 4.45. The number of aromatic nitrogens is 1. The zero-order valence-corrected chi connectivity index (χ0v) is 8.42. The monoisotopic (exact) mass is 236 g/mol. The van der Waals surface area contributed by atoms with Gasteiger partial charge in [-0.25, -0.2) is 9.83 Å². The van der Waals surface area contributed by atoms with E-state index < -0.39 is 0 Å². The molecule has 13 heavy (non-hydrogen) atoms. The van der Waals surface area contributed by atoms with Gasteiger partial charge in [0.05, 0.1) is 11.0 Å². The van der Waals surface area contributed by atoms with Crippen LogP contribution in [-0.4, -0.2) is 4.98 Å². The van der Waals surface area contributed by atoms with Gasteiger partial charge < -0.3 is 4.42 Å². The number of nitrogens with zero attached hydrogens (tertiary/aromatic N) is 2. The lowest BCUT2D eigenvalue weighted by Gasteiger charge is -1.92. The highest BCUT2D eigenvalue weighted by Crippen LogP contribution is 2.31. The summed E-state index contributed by atoms with van der Waals surface area (Å²) in [5, 5.41) is 0. The first-order valence-electron chi connectivity index (χ1n) is 3.65. The van der Waals surface area contributed by atoms with Gasteiger partial charge in [-0.2, -0.15) is 0 Å². The van der Waals surface area contributed by atoms with Gasteiger partial charge in [-0.1, -0.05) is 12.1 Å². The molecule has 1 aromatic carbocycles. The molecule has 0 saturated carbocycles. The quantitative estimate of drug-likeness (QED) is 0.657. The van der Waals surface area contributed by atoms with Gasteiger partial charge in [0.25, 0.3) is 0 Å². The fourth-order valence-corrected chi connectivity index (χ4v) is 1.56. The summed E-state index contributed by atoms with van der Waals surface area (Å²) < 4.78 is 6.17. The van der Waals surface area contributed by atoms with Crippen molar-refractivity contribution in [1.29, 1.82) is 0 Å². The third-order valence-corrected chi connectivity index (χ3v) is 2.33. The first-order chi connectivity index (χ1) is 6.22. The van der Waals surface area contributed by atoms with Gasteiger partial charge in [-0.15, -0.1) is 0 Å². The molecule has 64 valence electrons. The number of benzene rings is 1. The van der Waals surface area contributed by atoms with Crippen molar-refractivity contribution in [2.75, 3.05) is 0 Å². The predicted octanol–water partition coefficient (Wildman–Crippen LogP) is 3.45. The lowest BCUT2D eigenvalue weighted by Crippen LogP contribution is -1.70. The standard InChI is InChI=1S/C9H5BrN2O/c1-5-12-8-7(11-2)4-3-6(10)9(8)13-5/h3-4H,1H3. The van der Waals surface area contributed by atoms with Crippen molar-refractivity contribution in [2.24, 2.45) is 0 Å². The summed E-state index contributed by atoms with van der Waals surface area (Å²) in [6, 6.07) is 3.52. The minimum absolute atomic E-state index is 0.523. The van der Waals surface area contributed by atoms with Gasteiger partial charge in [0.2, 0.25) is 5.69 Å². The Morgan fingerprint density at radius 1 is 1.54 bits per heavy atom. The summed E-state index contributed by atoms with van der Waals surface area (Å²) in [6.45, 7) is 8.70. The van der Waals surface area contributed by atoms with E-state index in [-0.39, 0.29) is 0 Å². The fourth-order valence-electron chi connectivity index (χ4n) is 1.16. The highest BCUT2D eigenvalue weighted by molar-refractivity contribution is 9.10. The largest absolute Gasteiger partial charge is 0.441 e. The molecule has 0 saturated heterocycles. The van der Waals surface area contributed by atoms with Crippen molar-refractivity contribution in [1.82, 2.24) is 4.98 Å². The van der Waals surface area contributed by atoms with Crippen LogP contribution in [0.5, 0.6) is 0 Å². The zero-order valence-electron chi connectivity index (χ0n) is 6.84. The average Bonchev–Trinajstić information content (AvgIpc) is 2.48. The molecule has 2 aromatic rings. The normalized spacial score (nSPS) is 10.2. The summed E-state index contributed by atoms with van der Waals surface area (Å²) in [5.41, 5.74) is 1.79. The van der Waals surface area contributed by atoms with E-state index in [4.69, 9.17) is 11.0 Å². The number of fused-ring (bicyclic) bond motifs is 1. The van der Waals surface area contributed by atoms with E-state index in [1.165, 1.54) is 0 Å². The molecule has 0 unspecified atom stereocenters. The number of hydrogen-bond donors (Lipinski definition) is 0. The summed E-state index contributed by atoms with van der Waals surface area (Å²) in [4.78, 5) is 7.49. The van der Waals surface area contributed by atoms with Crippen molar-refractivity contribution in [3.63, 3.8) is 0 Å². The Hall–Kier alpha value is -1.34. The van der Waals surface area contributed by atoms with E-state index in [9.17, 15) is 0 Å². The summed E-state index contributed by atoms with van der Waals surface area (Å²) in [7, 11) is 0. The van der Waals surface area contributed by atoms with E-state index in [0.717, 1.165) is 4.47 Å². The SMILES string of the molecule is [C-]#[N+]c1ccc(Br)c2oc(C)nc12. The van der Waals surface area contributed by atoms with Crippen molar-refractivity contribution >= 4 is 32.7 Å². The van der Waals surface area contributed by atoms with Crippen molar-refractivity contribution < 1.29 is 4.42 Å². The Morgan fingerprint density at radius 2 is 2.31 bits per heavy atom. The summed E-state index contributed by atoms with van der Waals surface area (Å²) in [5.74, 6) is 0.576. The van der Waals surface area contributed by atoms with E-state index in [0.29, 0.717) is 22.7 Å². The Kier molecular flexibility index (Phi) is 1.82. The van der Waals surface area contributed by atoms with Crippen molar-refractivity contribution in [3.8, 4) is 0 Å². The van der Waals surface area contributed by atoms with Gasteiger partial charge in [0.15, 0.2) is 11.5 Å². The molecule has 0 radical (unpaired) electrons. The number of halogens is 1. The lowest BCUT2D eigenvalue weighted by molar-refractivity contribution is 0.559. The minimum atomic E-state index is 0.523. The van der Waals surface area contributed by atoms with Crippen LogP contribution in [0.15, 0.2) is 21.0 Å². The van der Waals surface area contributed by atoms with E-state index in [1.54, 1.807) is 19.1 Å². The molecule has 2 rings (SSSR count). The molecule has 4 heteroatoms. The molecule has 1 heterocycles. The molecule has 0 N–H and O–H groups in total. The van der Waals surface area contributed by atoms with Crippen molar-refractivity contribution in [3.05, 3.63) is 33.9 Å². The van der Waals surface area contributed by atoms with Crippen LogP contribution in [0.4, 0.5) is 5.69 Å². The number of rotatable bonds is 0. The Balaban J connectivity index is 2.94. The Labute approximate surface area is 83.3 Å². The zero-order chi connectivity index (χ0) is 9.42. The first kappa shape index (κ1) is 8.27. The molecule has 0 aliphatic carbocycles. The molecule has 1 aromatic heterocycles. The Morgan fingerprint density at radius 3 is 3.00 bits per heavy atom. The van der Waals surface area contributed by atoms with Crippen LogP contribution in [0.3, 0.4) is 0 Å². The molecular formula is C9H5BrN2O. The molecule has 0 spiro atoms. The predicted molar refractivity (Wildman–Crippen MR) is 52.7 cm³/mol. The summed E-state index contributed by atoms with van der Waals surface area (Å²) >= 11 is 3.34. The highest BCUT2D eigenvalue weighted by Gasteiger charge is 2.10. The van der Waals surface area contributed by atoms with Crippen LogP contribution in [0.1, 0.15) is 5.89 Å². The van der Waals surface area contributed by atoms with Crippen LogP contribution in [-0.2, 0) is 0 Å². The maximum absolute atomic E-state index is 6.93. The van der Waals surface area contributed by atoms with E-state index in [2.05, 4.69) is 25.8 Å². The van der Waals surface area contributed by atoms with E-state index in [1.807, 2.05) is 0 Å². The smallest absolute Gasteiger partial charge is 0.216 e. The second kappa shape index (κ2) is 2.86. The molecule has 0 fully saturated rings. The van der Waals surface area contributed by atoms with Crippen LogP contribution in [0, 0.1) is 13.5 Å². The van der Waals surface area contributed by atoms with Gasteiger partial charge in [0, 0.05) is 6.92 Å². The molecular weight excluding hydrogens is 232 g/mol. The highest BCUT2D eigenvalue weighted by atomic mass is 79.9. The van der Waals surface area contributed by atoms with Crippen LogP contribution in [0.25, 0.3) is 15.9 Å². The molecule has 3 nitrogen and oxygen atoms in total. The van der Waals surface area contributed by atoms with E-state index >= 15 is 0 Å². The van der Waals surface area contributed by atoms with Crippen LogP contribution >= 0.6 is 15.9 Å². The van der Waals surface area contributed by atoms with Crippen LogP contribution in [0.2, 0.25) is 0 Å². The molecule has 0 amide bonds. The van der Waals surface area contributed by atoms with Gasteiger partial charge in [-0.3, -0.25) is 0 Å². The number of aryl methyl sites for hydroxylation is 1. The third kappa shape index (κ3) is 1.21. The van der Waals surface area contributed by atoms with Gasteiger partial charge in [0.1, 0.15) is 5.52 Å². The van der Waals surface area contributed by atoms with Gasteiger partial charge >= 0.3 is 0 Å². The van der Waals surface area contributed by atoms with Crippen molar-refractivity contribution in [2.45, 2.75) is 6.92 Å². The molecule has 0 bridgehead atoms. The third-order valence-electron chi connectivity index (χ3n) is 1.70. The molecule has 0 aliphatic heterocycles. The second-order valence-electron chi connectivity index (χ2n) is 2.59. The van der Waals surface area contributed by atoms with Gasteiger partial charge in [-0.05, 0) is 15.9 Å². The molecule has 0 aliphatic rings. The topological polar surface area (TPSA) is 30.4 Å². The summed E-state index contributed by atoms with van der Waals surface area (Å²) in [6.07, 6.45) is 0. The maximum atomic E-state index is 6.93. The average molecular weight is 237 g/mol. The van der Waals surface area contributed by atoms with Crippen LogP contribution < -0.4 is 0 Å². The molecule has 0 atom stereocenters. The number of oxazole rings is 1. The fraction of sp³-hybridized carbons (Fsp3) is 0.111.